The summed E-state index contributed by atoms with van der Waals surface area (Å²) in [6.45, 7) is 4.67. The molecule has 112 valence electrons. The van der Waals surface area contributed by atoms with Gasteiger partial charge in [0.05, 0.1) is 25.3 Å². The highest BCUT2D eigenvalue weighted by molar-refractivity contribution is 7.13. The number of nitrogens with one attached hydrogen (secondary N) is 1. The Labute approximate surface area is 127 Å². The third kappa shape index (κ3) is 4.75. The fraction of sp³-hybridized carbons (Fsp3) is 0.333. The fourth-order valence-electron chi connectivity index (χ4n) is 1.69. The first-order valence-electron chi connectivity index (χ1n) is 6.75. The normalized spacial score (nSPS) is 10.2. The Morgan fingerprint density at radius 3 is 2.62 bits per heavy atom. The molecular formula is C15H18N2O3S. The van der Waals surface area contributed by atoms with E-state index in [2.05, 4.69) is 10.3 Å². The standard InChI is InChI=1S/C15H18N2O3S/c1-3-19-12-6-4-5-7-13(12)20-9-8-14(18)17-15-16-11(2)10-21-15/h4-7,10H,3,8-9H2,1-2H3,(H,16,17,18). The van der Waals surface area contributed by atoms with E-state index in [-0.39, 0.29) is 12.3 Å². The zero-order valence-corrected chi connectivity index (χ0v) is 12.9. The first-order chi connectivity index (χ1) is 10.2. The Morgan fingerprint density at radius 2 is 2.00 bits per heavy atom. The summed E-state index contributed by atoms with van der Waals surface area (Å²) in [5, 5.41) is 5.26. The van der Waals surface area contributed by atoms with Gasteiger partial charge in [0.1, 0.15) is 0 Å². The summed E-state index contributed by atoms with van der Waals surface area (Å²) in [7, 11) is 0. The molecule has 0 spiro atoms. The quantitative estimate of drug-likeness (QED) is 0.853. The summed E-state index contributed by atoms with van der Waals surface area (Å²) >= 11 is 1.41. The van der Waals surface area contributed by atoms with Crippen molar-refractivity contribution in [2.75, 3.05) is 18.5 Å². The Kier molecular flexibility index (Phi) is 5.57. The molecule has 5 nitrogen and oxygen atoms in total. The van der Waals surface area contributed by atoms with Gasteiger partial charge in [-0.15, -0.1) is 11.3 Å². The number of para-hydroxylation sites is 2. The van der Waals surface area contributed by atoms with Crippen molar-refractivity contribution in [2.45, 2.75) is 20.3 Å². The van der Waals surface area contributed by atoms with Gasteiger partial charge in [0.25, 0.3) is 0 Å². The van der Waals surface area contributed by atoms with Crippen LogP contribution in [0.1, 0.15) is 19.0 Å². The molecule has 21 heavy (non-hydrogen) atoms. The number of hydrogen-bond acceptors (Lipinski definition) is 5. The van der Waals surface area contributed by atoms with Crippen molar-refractivity contribution >= 4 is 22.4 Å². The zero-order valence-electron chi connectivity index (χ0n) is 12.1. The minimum Gasteiger partial charge on any atom is -0.490 e. The largest absolute Gasteiger partial charge is 0.490 e. The molecule has 0 unspecified atom stereocenters. The summed E-state index contributed by atoms with van der Waals surface area (Å²) in [6.07, 6.45) is 0.263. The minimum absolute atomic E-state index is 0.113. The molecule has 0 bridgehead atoms. The van der Waals surface area contributed by atoms with Crippen LogP contribution in [0, 0.1) is 6.92 Å². The molecule has 2 aromatic rings. The zero-order chi connectivity index (χ0) is 15.1. The van der Waals surface area contributed by atoms with Crippen LogP contribution in [0.4, 0.5) is 5.13 Å². The van der Waals surface area contributed by atoms with Gasteiger partial charge in [0, 0.05) is 5.38 Å². The maximum absolute atomic E-state index is 11.8. The highest BCUT2D eigenvalue weighted by atomic mass is 32.1. The highest BCUT2D eigenvalue weighted by Gasteiger charge is 2.07. The third-order valence-corrected chi connectivity index (χ3v) is 3.48. The van der Waals surface area contributed by atoms with Crippen molar-refractivity contribution in [1.29, 1.82) is 0 Å². The van der Waals surface area contributed by atoms with Crippen LogP contribution in [0.25, 0.3) is 0 Å². The second-order valence-corrected chi connectivity index (χ2v) is 5.18. The molecule has 0 fully saturated rings. The highest BCUT2D eigenvalue weighted by Crippen LogP contribution is 2.26. The number of anilines is 1. The van der Waals surface area contributed by atoms with Crippen molar-refractivity contribution in [3.63, 3.8) is 0 Å². The molecule has 1 aromatic carbocycles. The number of thiazole rings is 1. The number of aryl methyl sites for hydroxylation is 1. The van der Waals surface area contributed by atoms with Crippen molar-refractivity contribution in [1.82, 2.24) is 4.98 Å². The predicted molar refractivity (Wildman–Crippen MR) is 83.2 cm³/mol. The van der Waals surface area contributed by atoms with E-state index in [4.69, 9.17) is 9.47 Å². The molecule has 1 heterocycles. The van der Waals surface area contributed by atoms with Gasteiger partial charge >= 0.3 is 0 Å². The molecule has 0 aliphatic rings. The Bertz CT molecular complexity index is 598. The molecule has 0 atom stereocenters. The van der Waals surface area contributed by atoms with Gasteiger partial charge in [-0.3, -0.25) is 4.79 Å². The number of aromatic nitrogens is 1. The lowest BCUT2D eigenvalue weighted by Gasteiger charge is -2.11. The summed E-state index contributed by atoms with van der Waals surface area (Å²) in [5.74, 6) is 1.23. The van der Waals surface area contributed by atoms with Gasteiger partial charge in [-0.25, -0.2) is 4.98 Å². The molecule has 1 N–H and O–H groups in total. The van der Waals surface area contributed by atoms with E-state index in [1.165, 1.54) is 11.3 Å². The third-order valence-electron chi connectivity index (χ3n) is 2.60. The van der Waals surface area contributed by atoms with E-state index in [1.807, 2.05) is 43.5 Å². The number of nitrogens with zero attached hydrogens (tertiary/aromatic N) is 1. The van der Waals surface area contributed by atoms with Gasteiger partial charge in [0.2, 0.25) is 5.91 Å². The second kappa shape index (κ2) is 7.64. The van der Waals surface area contributed by atoms with Crippen LogP contribution in [0.2, 0.25) is 0 Å². The number of hydrogen-bond donors (Lipinski definition) is 1. The Morgan fingerprint density at radius 1 is 1.29 bits per heavy atom. The fourth-order valence-corrected chi connectivity index (χ4v) is 2.40. The number of rotatable bonds is 7. The van der Waals surface area contributed by atoms with Crippen LogP contribution in [0.15, 0.2) is 29.6 Å². The second-order valence-electron chi connectivity index (χ2n) is 4.32. The van der Waals surface area contributed by atoms with Gasteiger partial charge in [-0.05, 0) is 26.0 Å². The van der Waals surface area contributed by atoms with Gasteiger partial charge in [-0.2, -0.15) is 0 Å². The first-order valence-corrected chi connectivity index (χ1v) is 7.63. The van der Waals surface area contributed by atoms with E-state index in [0.717, 1.165) is 5.69 Å². The van der Waals surface area contributed by atoms with Gasteiger partial charge < -0.3 is 14.8 Å². The number of amides is 1. The molecular weight excluding hydrogens is 288 g/mol. The average molecular weight is 306 g/mol. The summed E-state index contributed by atoms with van der Waals surface area (Å²) in [5.41, 5.74) is 0.900. The van der Waals surface area contributed by atoms with E-state index < -0.39 is 0 Å². The monoisotopic (exact) mass is 306 g/mol. The topological polar surface area (TPSA) is 60.5 Å². The molecule has 1 amide bonds. The van der Waals surface area contributed by atoms with Crippen LogP contribution in [-0.4, -0.2) is 24.1 Å². The molecule has 0 aliphatic heterocycles. The Hall–Kier alpha value is -2.08. The van der Waals surface area contributed by atoms with Crippen LogP contribution >= 0.6 is 11.3 Å². The lowest BCUT2D eigenvalue weighted by atomic mass is 10.3. The summed E-state index contributed by atoms with van der Waals surface area (Å²) in [4.78, 5) is 15.9. The van der Waals surface area contributed by atoms with Crippen LogP contribution in [0.3, 0.4) is 0 Å². The molecule has 0 saturated heterocycles. The molecule has 1 aromatic heterocycles. The van der Waals surface area contributed by atoms with E-state index in [9.17, 15) is 4.79 Å². The smallest absolute Gasteiger partial charge is 0.229 e. The van der Waals surface area contributed by atoms with Crippen LogP contribution < -0.4 is 14.8 Å². The van der Waals surface area contributed by atoms with Crippen molar-refractivity contribution < 1.29 is 14.3 Å². The van der Waals surface area contributed by atoms with E-state index >= 15 is 0 Å². The number of carbonyl (C=O) groups excluding carboxylic acids is 1. The van der Waals surface area contributed by atoms with E-state index in [0.29, 0.717) is 29.8 Å². The Balaban J connectivity index is 1.80. The SMILES string of the molecule is CCOc1ccccc1OCCC(=O)Nc1nc(C)cs1. The number of carbonyl (C=O) groups is 1. The summed E-state index contributed by atoms with van der Waals surface area (Å²) in [6, 6.07) is 7.43. The lowest BCUT2D eigenvalue weighted by molar-refractivity contribution is -0.116. The maximum atomic E-state index is 11.8. The minimum atomic E-state index is -0.113. The molecule has 0 aliphatic carbocycles. The predicted octanol–water partition coefficient (Wildman–Crippen LogP) is 3.26. The number of benzene rings is 1. The first kappa shape index (κ1) is 15.3. The van der Waals surface area contributed by atoms with Gasteiger partial charge in [-0.1, -0.05) is 12.1 Å². The maximum Gasteiger partial charge on any atom is 0.229 e. The molecule has 6 heteroatoms. The molecule has 0 saturated carbocycles. The van der Waals surface area contributed by atoms with Crippen molar-refractivity contribution in [2.24, 2.45) is 0 Å². The molecule has 0 radical (unpaired) electrons. The average Bonchev–Trinajstić information content (AvgIpc) is 2.86. The number of ether oxygens (including phenoxy) is 2. The van der Waals surface area contributed by atoms with Crippen LogP contribution in [0.5, 0.6) is 11.5 Å². The van der Waals surface area contributed by atoms with E-state index in [1.54, 1.807) is 0 Å². The van der Waals surface area contributed by atoms with Gasteiger partial charge in [0.15, 0.2) is 16.6 Å². The summed E-state index contributed by atoms with van der Waals surface area (Å²) < 4.78 is 11.1. The van der Waals surface area contributed by atoms with Crippen LogP contribution in [-0.2, 0) is 4.79 Å². The molecule has 2 rings (SSSR count). The van der Waals surface area contributed by atoms with Crippen molar-refractivity contribution in [3.8, 4) is 11.5 Å². The lowest BCUT2D eigenvalue weighted by Crippen LogP contribution is -2.15. The van der Waals surface area contributed by atoms with Crippen molar-refractivity contribution in [3.05, 3.63) is 35.3 Å².